The molecule has 1 N–H and O–H groups in total. The third kappa shape index (κ3) is 3.11. The van der Waals surface area contributed by atoms with Gasteiger partial charge in [0, 0.05) is 22.7 Å². The molecule has 0 unspecified atom stereocenters. The van der Waals surface area contributed by atoms with Gasteiger partial charge in [-0.25, -0.2) is 0 Å². The fourth-order valence-electron chi connectivity index (χ4n) is 1.63. The van der Waals surface area contributed by atoms with Crippen molar-refractivity contribution in [1.82, 2.24) is 4.98 Å². The topological polar surface area (TPSA) is 32.9 Å². The molecule has 1 heterocycles. The summed E-state index contributed by atoms with van der Waals surface area (Å²) in [6, 6.07) is 4.09. The number of alkyl halides is 3. The van der Waals surface area contributed by atoms with Crippen molar-refractivity contribution < 1.29 is 13.2 Å². The van der Waals surface area contributed by atoms with Crippen LogP contribution in [-0.2, 0) is 6.18 Å². The van der Waals surface area contributed by atoms with E-state index in [1.165, 1.54) is 12.1 Å². The second kappa shape index (κ2) is 5.31. The summed E-state index contributed by atoms with van der Waals surface area (Å²) in [6.45, 7) is 0. The van der Waals surface area contributed by atoms with E-state index in [0.717, 1.165) is 6.07 Å². The van der Waals surface area contributed by atoms with Gasteiger partial charge in [-0.2, -0.15) is 13.2 Å². The van der Waals surface area contributed by atoms with Gasteiger partial charge < -0.3 is 4.98 Å². The Labute approximate surface area is 126 Å². The third-order valence-electron chi connectivity index (χ3n) is 2.42. The molecule has 0 saturated heterocycles. The highest BCUT2D eigenvalue weighted by molar-refractivity contribution is 6.41. The van der Waals surface area contributed by atoms with Gasteiger partial charge in [0.05, 0.1) is 15.7 Å². The van der Waals surface area contributed by atoms with Crippen LogP contribution in [0.1, 0.15) is 5.69 Å². The minimum atomic E-state index is -4.68. The first kappa shape index (κ1) is 15.2. The highest BCUT2D eigenvalue weighted by Crippen LogP contribution is 2.37. The average molecular weight is 343 g/mol. The van der Waals surface area contributed by atoms with Gasteiger partial charge in [0.25, 0.3) is 0 Å². The first-order valence-electron chi connectivity index (χ1n) is 5.15. The van der Waals surface area contributed by atoms with Gasteiger partial charge in [-0.05, 0) is 12.1 Å². The molecule has 0 aliphatic carbocycles. The molecule has 1 aromatic carbocycles. The van der Waals surface area contributed by atoms with E-state index in [0.29, 0.717) is 6.07 Å². The van der Waals surface area contributed by atoms with Crippen LogP contribution in [0.2, 0.25) is 15.1 Å². The van der Waals surface area contributed by atoms with Crippen molar-refractivity contribution in [3.63, 3.8) is 0 Å². The lowest BCUT2D eigenvalue weighted by molar-refractivity contribution is -0.141. The van der Waals surface area contributed by atoms with Crippen molar-refractivity contribution in [3.05, 3.63) is 55.3 Å². The summed E-state index contributed by atoms with van der Waals surface area (Å²) in [7, 11) is 0. The molecule has 8 heteroatoms. The van der Waals surface area contributed by atoms with Gasteiger partial charge in [-0.1, -0.05) is 34.8 Å². The number of aromatic nitrogens is 1. The number of pyridine rings is 1. The Hall–Kier alpha value is -1.17. The fraction of sp³-hybridized carbons (Fsp3) is 0.0833. The van der Waals surface area contributed by atoms with E-state index in [1.807, 2.05) is 0 Å². The molecule has 2 nitrogen and oxygen atoms in total. The molecule has 1 aromatic heterocycles. The van der Waals surface area contributed by atoms with Crippen molar-refractivity contribution in [1.29, 1.82) is 0 Å². The molecule has 20 heavy (non-hydrogen) atoms. The molecule has 2 rings (SSSR count). The normalized spacial score (nSPS) is 11.7. The Bertz CT molecular complexity index is 702. The van der Waals surface area contributed by atoms with Crippen LogP contribution in [-0.4, -0.2) is 4.98 Å². The molecular weight excluding hydrogens is 337 g/mol. The van der Waals surface area contributed by atoms with Crippen molar-refractivity contribution in [2.24, 2.45) is 0 Å². The Balaban J connectivity index is 2.71. The predicted molar refractivity (Wildman–Crippen MR) is 72.5 cm³/mol. The van der Waals surface area contributed by atoms with Gasteiger partial charge in [0.2, 0.25) is 0 Å². The summed E-state index contributed by atoms with van der Waals surface area (Å²) < 4.78 is 38.0. The van der Waals surface area contributed by atoms with E-state index >= 15 is 0 Å². The van der Waals surface area contributed by atoms with Gasteiger partial charge in [0.15, 0.2) is 5.43 Å². The zero-order valence-corrected chi connectivity index (χ0v) is 11.8. The standard InChI is InChI=1S/C12H5Cl3F3NO/c13-5-1-7(14)11(8(15)2-5)9-3-6(20)4-10(19-9)12(16,17)18/h1-4H,(H,19,20). The highest BCUT2D eigenvalue weighted by atomic mass is 35.5. The lowest BCUT2D eigenvalue weighted by Gasteiger charge is -2.11. The average Bonchev–Trinajstić information content (AvgIpc) is 2.25. The van der Waals surface area contributed by atoms with E-state index in [4.69, 9.17) is 34.8 Å². The number of hydrogen-bond acceptors (Lipinski definition) is 1. The van der Waals surface area contributed by atoms with E-state index in [-0.39, 0.29) is 26.3 Å². The lowest BCUT2D eigenvalue weighted by Crippen LogP contribution is -2.13. The number of aromatic amines is 1. The van der Waals surface area contributed by atoms with Crippen LogP contribution in [0.4, 0.5) is 13.2 Å². The highest BCUT2D eigenvalue weighted by Gasteiger charge is 2.32. The van der Waals surface area contributed by atoms with Crippen molar-refractivity contribution in [2.75, 3.05) is 0 Å². The molecule has 2 aromatic rings. The van der Waals surface area contributed by atoms with Crippen molar-refractivity contribution >= 4 is 34.8 Å². The summed E-state index contributed by atoms with van der Waals surface area (Å²) in [5.74, 6) is 0. The van der Waals surface area contributed by atoms with E-state index in [9.17, 15) is 18.0 Å². The van der Waals surface area contributed by atoms with E-state index in [2.05, 4.69) is 4.98 Å². The molecular formula is C12H5Cl3F3NO. The zero-order chi connectivity index (χ0) is 15.1. The summed E-state index contributed by atoms with van der Waals surface area (Å²) >= 11 is 17.6. The number of nitrogens with one attached hydrogen (secondary N) is 1. The first-order chi connectivity index (χ1) is 9.18. The number of H-pyrrole nitrogens is 1. The van der Waals surface area contributed by atoms with Crippen molar-refractivity contribution in [2.45, 2.75) is 6.18 Å². The van der Waals surface area contributed by atoms with E-state index in [1.54, 1.807) is 0 Å². The summed E-state index contributed by atoms with van der Waals surface area (Å²) in [4.78, 5) is 13.5. The molecule has 0 fully saturated rings. The molecule has 0 bridgehead atoms. The van der Waals surface area contributed by atoms with Crippen LogP contribution >= 0.6 is 34.8 Å². The largest absolute Gasteiger partial charge is 0.431 e. The molecule has 0 saturated carbocycles. The Morgan fingerprint density at radius 3 is 2.00 bits per heavy atom. The monoisotopic (exact) mass is 341 g/mol. The summed E-state index contributed by atoms with van der Waals surface area (Å²) in [5, 5.41) is 0.313. The summed E-state index contributed by atoms with van der Waals surface area (Å²) in [5.41, 5.74) is -2.03. The Kier molecular flexibility index (Phi) is 4.04. The number of halogens is 6. The second-order valence-corrected chi connectivity index (χ2v) is 5.14. The van der Waals surface area contributed by atoms with Crippen LogP contribution in [0.5, 0.6) is 0 Å². The second-order valence-electron chi connectivity index (χ2n) is 3.89. The van der Waals surface area contributed by atoms with Gasteiger partial charge in [-0.15, -0.1) is 0 Å². The minimum Gasteiger partial charge on any atom is -0.351 e. The molecule has 0 amide bonds. The fourth-order valence-corrected chi connectivity index (χ4v) is 2.65. The first-order valence-corrected chi connectivity index (χ1v) is 6.28. The van der Waals surface area contributed by atoms with Gasteiger partial charge in [0.1, 0.15) is 5.69 Å². The number of benzene rings is 1. The van der Waals surface area contributed by atoms with Crippen LogP contribution < -0.4 is 5.43 Å². The van der Waals surface area contributed by atoms with Crippen LogP contribution in [0.3, 0.4) is 0 Å². The van der Waals surface area contributed by atoms with Gasteiger partial charge >= 0.3 is 6.18 Å². The lowest BCUT2D eigenvalue weighted by atomic mass is 10.1. The van der Waals surface area contributed by atoms with E-state index < -0.39 is 17.3 Å². The van der Waals surface area contributed by atoms with Crippen molar-refractivity contribution in [3.8, 4) is 11.3 Å². The predicted octanol–water partition coefficient (Wildman–Crippen LogP) is 5.02. The van der Waals surface area contributed by atoms with Gasteiger partial charge in [-0.3, -0.25) is 4.79 Å². The molecule has 106 valence electrons. The molecule has 0 aliphatic rings. The third-order valence-corrected chi connectivity index (χ3v) is 3.24. The minimum absolute atomic E-state index is 0.0393. The maximum Gasteiger partial charge on any atom is 0.431 e. The molecule has 0 radical (unpaired) electrons. The molecule has 0 spiro atoms. The van der Waals surface area contributed by atoms with Crippen LogP contribution in [0.25, 0.3) is 11.3 Å². The number of rotatable bonds is 1. The van der Waals surface area contributed by atoms with Crippen LogP contribution in [0, 0.1) is 0 Å². The Morgan fingerprint density at radius 2 is 1.50 bits per heavy atom. The Morgan fingerprint density at radius 1 is 0.950 bits per heavy atom. The SMILES string of the molecule is O=c1cc(-c2c(Cl)cc(Cl)cc2Cl)[nH]c(C(F)(F)F)c1. The zero-order valence-electron chi connectivity index (χ0n) is 9.49. The molecule has 0 atom stereocenters. The van der Waals surface area contributed by atoms with Crippen LogP contribution in [0.15, 0.2) is 29.1 Å². The maximum absolute atomic E-state index is 12.7. The number of hydrogen-bond donors (Lipinski definition) is 1. The maximum atomic E-state index is 12.7. The quantitative estimate of drug-likeness (QED) is 0.775. The smallest absolute Gasteiger partial charge is 0.351 e. The molecule has 0 aliphatic heterocycles. The summed E-state index contributed by atoms with van der Waals surface area (Å²) in [6.07, 6.45) is -4.68.